The minimum atomic E-state index is 0.0796. The molecule has 15 heavy (non-hydrogen) atoms. The summed E-state index contributed by atoms with van der Waals surface area (Å²) in [5.41, 5.74) is 2.12. The summed E-state index contributed by atoms with van der Waals surface area (Å²) in [6.45, 7) is 8.39. The topological polar surface area (TPSA) is 44.4 Å². The van der Waals surface area contributed by atoms with Gasteiger partial charge in [0.05, 0.1) is 0 Å². The van der Waals surface area contributed by atoms with Gasteiger partial charge in [0.2, 0.25) is 5.91 Å². The van der Waals surface area contributed by atoms with Crippen molar-refractivity contribution >= 4 is 5.91 Å². The molecule has 0 spiro atoms. The standard InChI is InChI=1S/C11H21N3O/c1-4-14(3)6-5-13-11(15)9(2)10-7-12-8-10/h12H,4-8H2,1-3H3,(H,13,15). The minimum absolute atomic E-state index is 0.0796. The van der Waals surface area contributed by atoms with Crippen LogP contribution in [0.25, 0.3) is 0 Å². The van der Waals surface area contributed by atoms with E-state index >= 15 is 0 Å². The lowest BCUT2D eigenvalue weighted by Gasteiger charge is -2.21. The van der Waals surface area contributed by atoms with Crippen LogP contribution >= 0.6 is 0 Å². The van der Waals surface area contributed by atoms with Gasteiger partial charge in [-0.2, -0.15) is 0 Å². The predicted molar refractivity (Wildman–Crippen MR) is 61.8 cm³/mol. The van der Waals surface area contributed by atoms with Gasteiger partial charge in [0.1, 0.15) is 0 Å². The summed E-state index contributed by atoms with van der Waals surface area (Å²) >= 11 is 0. The quantitative estimate of drug-likeness (QED) is 0.628. The van der Waals surface area contributed by atoms with Crippen LogP contribution in [0.2, 0.25) is 0 Å². The van der Waals surface area contributed by atoms with Gasteiger partial charge in [0.25, 0.3) is 0 Å². The van der Waals surface area contributed by atoms with E-state index < -0.39 is 0 Å². The summed E-state index contributed by atoms with van der Waals surface area (Å²) in [7, 11) is 2.05. The van der Waals surface area contributed by atoms with Crippen LogP contribution < -0.4 is 10.6 Å². The lowest BCUT2D eigenvalue weighted by Crippen LogP contribution is -2.39. The Balaban J connectivity index is 2.24. The third kappa shape index (κ3) is 3.64. The third-order valence-corrected chi connectivity index (χ3v) is 2.87. The molecule has 1 aliphatic rings. The molecule has 0 unspecified atom stereocenters. The number of hydrogen-bond donors (Lipinski definition) is 2. The maximum Gasteiger partial charge on any atom is 0.247 e. The number of carbonyl (C=O) groups is 1. The van der Waals surface area contributed by atoms with Crippen molar-refractivity contribution < 1.29 is 4.79 Å². The Labute approximate surface area is 91.7 Å². The molecular weight excluding hydrogens is 190 g/mol. The number of likely N-dealkylation sites (N-methyl/N-ethyl adjacent to an activating group) is 1. The second-order valence-electron chi connectivity index (χ2n) is 3.98. The van der Waals surface area contributed by atoms with Crippen LogP contribution in [0, 0.1) is 0 Å². The Morgan fingerprint density at radius 1 is 1.53 bits per heavy atom. The molecule has 0 atom stereocenters. The molecule has 0 saturated carbocycles. The van der Waals surface area contributed by atoms with Crippen molar-refractivity contribution in [3.05, 3.63) is 11.1 Å². The van der Waals surface area contributed by atoms with Crippen LogP contribution in [-0.4, -0.2) is 50.6 Å². The molecule has 4 heteroatoms. The lowest BCUT2D eigenvalue weighted by atomic mass is 10.0. The number of rotatable bonds is 5. The summed E-state index contributed by atoms with van der Waals surface area (Å²) < 4.78 is 0. The van der Waals surface area contributed by atoms with Crippen LogP contribution in [0.15, 0.2) is 11.1 Å². The first kappa shape index (κ1) is 12.2. The largest absolute Gasteiger partial charge is 0.351 e. The average Bonchev–Trinajstić information content (AvgIpc) is 2.14. The lowest BCUT2D eigenvalue weighted by molar-refractivity contribution is -0.117. The first-order valence-electron chi connectivity index (χ1n) is 5.51. The fourth-order valence-corrected chi connectivity index (χ4v) is 1.33. The van der Waals surface area contributed by atoms with Gasteiger partial charge in [0.15, 0.2) is 0 Å². The Hall–Kier alpha value is -0.870. The molecule has 0 aromatic heterocycles. The first-order chi connectivity index (χ1) is 7.15. The highest BCUT2D eigenvalue weighted by Gasteiger charge is 2.15. The van der Waals surface area contributed by atoms with E-state index in [-0.39, 0.29) is 5.91 Å². The van der Waals surface area contributed by atoms with Crippen molar-refractivity contribution in [2.75, 3.05) is 39.8 Å². The van der Waals surface area contributed by atoms with E-state index in [1.807, 2.05) is 14.0 Å². The van der Waals surface area contributed by atoms with Gasteiger partial charge in [-0.1, -0.05) is 6.92 Å². The predicted octanol–water partition coefficient (Wildman–Crippen LogP) is -0.0260. The number of amides is 1. The van der Waals surface area contributed by atoms with Crippen LogP contribution in [0.4, 0.5) is 0 Å². The van der Waals surface area contributed by atoms with Crippen LogP contribution in [0.5, 0.6) is 0 Å². The zero-order valence-electron chi connectivity index (χ0n) is 9.89. The summed E-state index contributed by atoms with van der Waals surface area (Å²) in [4.78, 5) is 13.8. The van der Waals surface area contributed by atoms with Gasteiger partial charge in [0, 0.05) is 31.8 Å². The van der Waals surface area contributed by atoms with Gasteiger partial charge >= 0.3 is 0 Å². The Morgan fingerprint density at radius 3 is 2.67 bits per heavy atom. The van der Waals surface area contributed by atoms with Gasteiger partial charge in [-0.3, -0.25) is 4.79 Å². The normalized spacial score (nSPS) is 15.1. The van der Waals surface area contributed by atoms with Gasteiger partial charge in [-0.05, 0) is 26.1 Å². The van der Waals surface area contributed by atoms with Crippen LogP contribution in [0.3, 0.4) is 0 Å². The van der Waals surface area contributed by atoms with Crippen molar-refractivity contribution in [3.8, 4) is 0 Å². The summed E-state index contributed by atoms with van der Waals surface area (Å²) in [5, 5.41) is 6.06. The Kier molecular flexibility index (Phi) is 4.78. The molecular formula is C11H21N3O. The van der Waals surface area contributed by atoms with Crippen molar-refractivity contribution in [2.45, 2.75) is 13.8 Å². The van der Waals surface area contributed by atoms with Crippen LogP contribution in [-0.2, 0) is 4.79 Å². The number of nitrogens with zero attached hydrogens (tertiary/aromatic N) is 1. The number of nitrogens with one attached hydrogen (secondary N) is 2. The third-order valence-electron chi connectivity index (χ3n) is 2.87. The van der Waals surface area contributed by atoms with Crippen molar-refractivity contribution in [1.82, 2.24) is 15.5 Å². The average molecular weight is 211 g/mol. The Morgan fingerprint density at radius 2 is 2.20 bits per heavy atom. The van der Waals surface area contributed by atoms with Crippen molar-refractivity contribution in [2.24, 2.45) is 0 Å². The molecule has 1 rings (SSSR count). The maximum absolute atomic E-state index is 11.6. The highest BCUT2D eigenvalue weighted by Crippen LogP contribution is 2.08. The molecule has 4 nitrogen and oxygen atoms in total. The molecule has 2 N–H and O–H groups in total. The van der Waals surface area contributed by atoms with E-state index in [2.05, 4.69) is 22.5 Å². The summed E-state index contributed by atoms with van der Waals surface area (Å²) in [6.07, 6.45) is 0. The fourth-order valence-electron chi connectivity index (χ4n) is 1.33. The molecule has 0 aromatic carbocycles. The summed E-state index contributed by atoms with van der Waals surface area (Å²) in [6, 6.07) is 0. The van der Waals surface area contributed by atoms with Crippen molar-refractivity contribution in [3.63, 3.8) is 0 Å². The highest BCUT2D eigenvalue weighted by molar-refractivity contribution is 5.93. The number of hydrogen-bond acceptors (Lipinski definition) is 3. The highest BCUT2D eigenvalue weighted by atomic mass is 16.1. The van der Waals surface area contributed by atoms with E-state index in [0.717, 1.165) is 38.3 Å². The molecule has 1 saturated heterocycles. The number of carbonyl (C=O) groups excluding carboxylic acids is 1. The molecule has 1 heterocycles. The molecule has 86 valence electrons. The van der Waals surface area contributed by atoms with E-state index in [1.54, 1.807) is 0 Å². The monoisotopic (exact) mass is 211 g/mol. The molecule has 1 aliphatic heterocycles. The van der Waals surface area contributed by atoms with E-state index in [9.17, 15) is 4.79 Å². The minimum Gasteiger partial charge on any atom is -0.351 e. The van der Waals surface area contributed by atoms with E-state index in [0.29, 0.717) is 0 Å². The SMILES string of the molecule is CCN(C)CCNC(=O)C(C)=C1CNC1. The van der Waals surface area contributed by atoms with Gasteiger partial charge in [-0.25, -0.2) is 0 Å². The summed E-state index contributed by atoms with van der Waals surface area (Å²) in [5.74, 6) is 0.0796. The maximum atomic E-state index is 11.6. The second-order valence-corrected chi connectivity index (χ2v) is 3.98. The zero-order valence-corrected chi connectivity index (χ0v) is 9.89. The van der Waals surface area contributed by atoms with Gasteiger partial charge < -0.3 is 15.5 Å². The zero-order chi connectivity index (χ0) is 11.3. The van der Waals surface area contributed by atoms with E-state index in [4.69, 9.17) is 0 Å². The second kappa shape index (κ2) is 5.88. The molecule has 1 fully saturated rings. The Bertz CT molecular complexity index is 255. The smallest absolute Gasteiger partial charge is 0.247 e. The molecule has 0 bridgehead atoms. The fraction of sp³-hybridized carbons (Fsp3) is 0.727. The first-order valence-corrected chi connectivity index (χ1v) is 5.51. The van der Waals surface area contributed by atoms with E-state index in [1.165, 1.54) is 5.57 Å². The van der Waals surface area contributed by atoms with Crippen molar-refractivity contribution in [1.29, 1.82) is 0 Å². The van der Waals surface area contributed by atoms with Gasteiger partial charge in [-0.15, -0.1) is 0 Å². The molecule has 0 aliphatic carbocycles. The molecule has 0 radical (unpaired) electrons. The molecule has 1 amide bonds. The van der Waals surface area contributed by atoms with Crippen LogP contribution in [0.1, 0.15) is 13.8 Å². The molecule has 0 aromatic rings.